The first-order valence-corrected chi connectivity index (χ1v) is 8.77. The van der Waals surface area contributed by atoms with Gasteiger partial charge in [-0.25, -0.2) is 9.07 Å². The van der Waals surface area contributed by atoms with Gasteiger partial charge in [-0.1, -0.05) is 19.4 Å². The molecule has 1 fully saturated rings. The summed E-state index contributed by atoms with van der Waals surface area (Å²) < 4.78 is 15.1. The highest BCUT2D eigenvalue weighted by molar-refractivity contribution is 5.31. The zero-order valence-electron chi connectivity index (χ0n) is 14.3. The van der Waals surface area contributed by atoms with Crippen molar-refractivity contribution in [2.75, 3.05) is 19.7 Å². The van der Waals surface area contributed by atoms with Gasteiger partial charge in [0.2, 0.25) is 0 Å². The molecule has 0 amide bonds. The predicted octanol–water partition coefficient (Wildman–Crippen LogP) is 3.39. The monoisotopic (exact) mass is 331 g/mol. The summed E-state index contributed by atoms with van der Waals surface area (Å²) in [6.45, 7) is 5.25. The largest absolute Gasteiger partial charge is 0.396 e. The summed E-state index contributed by atoms with van der Waals surface area (Å²) >= 11 is 0. The number of hydrogen-bond acceptors (Lipinski definition) is 3. The Balaban J connectivity index is 1.68. The van der Waals surface area contributed by atoms with Crippen LogP contribution in [0.4, 0.5) is 4.39 Å². The van der Waals surface area contributed by atoms with E-state index in [0.29, 0.717) is 0 Å². The predicted molar refractivity (Wildman–Crippen MR) is 92.5 cm³/mol. The van der Waals surface area contributed by atoms with E-state index in [1.54, 1.807) is 10.7 Å². The Morgan fingerprint density at radius 1 is 1.38 bits per heavy atom. The fourth-order valence-electron chi connectivity index (χ4n) is 3.85. The number of aliphatic hydroxyl groups excluding tert-OH is 1. The molecule has 0 unspecified atom stereocenters. The second-order valence-corrected chi connectivity index (χ2v) is 7.00. The van der Waals surface area contributed by atoms with Crippen LogP contribution in [0.3, 0.4) is 0 Å². The highest BCUT2D eigenvalue weighted by atomic mass is 19.1. The Labute approximate surface area is 142 Å². The standard InChI is InChI=1S/C19H26FN3O/c1-2-7-19(15-24)8-4-9-22(14-19)12-16-11-21-23(13-16)18-6-3-5-17(20)10-18/h3,5-6,10-11,13,24H,2,4,7-9,12,14-15H2,1H3/t19-/m0/s1. The topological polar surface area (TPSA) is 41.3 Å². The minimum atomic E-state index is -0.257. The Bertz CT molecular complexity index is 668. The molecule has 1 atom stereocenters. The number of likely N-dealkylation sites (tertiary alicyclic amines) is 1. The summed E-state index contributed by atoms with van der Waals surface area (Å²) in [5, 5.41) is 14.2. The molecule has 2 heterocycles. The van der Waals surface area contributed by atoms with Crippen molar-refractivity contribution in [1.82, 2.24) is 14.7 Å². The van der Waals surface area contributed by atoms with Crippen molar-refractivity contribution >= 4 is 0 Å². The Kier molecular flexibility index (Phi) is 5.31. The van der Waals surface area contributed by atoms with Gasteiger partial charge < -0.3 is 5.11 Å². The minimum Gasteiger partial charge on any atom is -0.396 e. The van der Waals surface area contributed by atoms with Crippen LogP contribution in [-0.2, 0) is 6.54 Å². The van der Waals surface area contributed by atoms with Crippen molar-refractivity contribution in [3.8, 4) is 5.69 Å². The average molecular weight is 331 g/mol. The third-order valence-corrected chi connectivity index (χ3v) is 4.97. The lowest BCUT2D eigenvalue weighted by Crippen LogP contribution is -2.44. The number of piperidine rings is 1. The van der Waals surface area contributed by atoms with Gasteiger partial charge in [-0.2, -0.15) is 5.10 Å². The summed E-state index contributed by atoms with van der Waals surface area (Å²) in [6.07, 6.45) is 8.22. The molecule has 0 saturated carbocycles. The fraction of sp³-hybridized carbons (Fsp3) is 0.526. The molecule has 1 aromatic carbocycles. The Hall–Kier alpha value is -1.72. The van der Waals surface area contributed by atoms with Crippen LogP contribution >= 0.6 is 0 Å². The molecule has 1 saturated heterocycles. The van der Waals surface area contributed by atoms with E-state index in [1.165, 1.54) is 12.1 Å². The van der Waals surface area contributed by atoms with E-state index in [4.69, 9.17) is 0 Å². The molecule has 0 bridgehead atoms. The lowest BCUT2D eigenvalue weighted by molar-refractivity contribution is 0.0216. The van der Waals surface area contributed by atoms with Crippen LogP contribution in [0.15, 0.2) is 36.7 Å². The SMILES string of the molecule is CCC[C@]1(CO)CCCN(Cc2cnn(-c3cccc(F)c3)c2)C1. The highest BCUT2D eigenvalue weighted by Crippen LogP contribution is 2.34. The molecule has 0 aliphatic carbocycles. The first-order chi connectivity index (χ1) is 11.6. The van der Waals surface area contributed by atoms with Crippen molar-refractivity contribution in [2.45, 2.75) is 39.2 Å². The van der Waals surface area contributed by atoms with E-state index in [2.05, 4.69) is 16.9 Å². The third kappa shape index (κ3) is 3.84. The zero-order chi connectivity index (χ0) is 17.0. The second-order valence-electron chi connectivity index (χ2n) is 7.00. The lowest BCUT2D eigenvalue weighted by Gasteiger charge is -2.41. The quantitative estimate of drug-likeness (QED) is 0.882. The summed E-state index contributed by atoms with van der Waals surface area (Å²) in [5.74, 6) is -0.257. The first-order valence-electron chi connectivity index (χ1n) is 8.77. The van der Waals surface area contributed by atoms with Gasteiger partial charge in [-0.15, -0.1) is 0 Å². The molecule has 1 aromatic heterocycles. The third-order valence-electron chi connectivity index (χ3n) is 4.97. The molecule has 0 radical (unpaired) electrons. The zero-order valence-corrected chi connectivity index (χ0v) is 14.3. The van der Waals surface area contributed by atoms with Crippen LogP contribution in [0.2, 0.25) is 0 Å². The highest BCUT2D eigenvalue weighted by Gasteiger charge is 2.34. The average Bonchev–Trinajstić information content (AvgIpc) is 3.04. The Morgan fingerprint density at radius 2 is 2.25 bits per heavy atom. The van der Waals surface area contributed by atoms with Gasteiger partial charge in [-0.05, 0) is 44.0 Å². The molecular formula is C19H26FN3O. The van der Waals surface area contributed by atoms with Crippen LogP contribution in [0, 0.1) is 11.2 Å². The number of aliphatic hydroxyl groups is 1. The number of rotatable bonds is 6. The Morgan fingerprint density at radius 3 is 3.00 bits per heavy atom. The summed E-state index contributed by atoms with van der Waals surface area (Å²) in [5.41, 5.74) is 1.89. The maximum absolute atomic E-state index is 13.4. The van der Waals surface area contributed by atoms with E-state index >= 15 is 0 Å². The van der Waals surface area contributed by atoms with Crippen LogP contribution in [0.25, 0.3) is 5.69 Å². The summed E-state index contributed by atoms with van der Waals surface area (Å²) in [6, 6.07) is 6.45. The van der Waals surface area contributed by atoms with Crippen molar-refractivity contribution < 1.29 is 9.50 Å². The smallest absolute Gasteiger partial charge is 0.125 e. The number of hydrogen-bond donors (Lipinski definition) is 1. The van der Waals surface area contributed by atoms with Gasteiger partial charge in [0.05, 0.1) is 11.9 Å². The van der Waals surface area contributed by atoms with Gasteiger partial charge in [0, 0.05) is 36.9 Å². The first kappa shape index (κ1) is 17.1. The molecule has 2 aromatic rings. The number of halogens is 1. The number of benzene rings is 1. The molecule has 130 valence electrons. The fourth-order valence-corrected chi connectivity index (χ4v) is 3.85. The van der Waals surface area contributed by atoms with E-state index in [9.17, 15) is 9.50 Å². The van der Waals surface area contributed by atoms with Gasteiger partial charge in [0.25, 0.3) is 0 Å². The van der Waals surface area contributed by atoms with E-state index in [-0.39, 0.29) is 17.8 Å². The molecule has 4 nitrogen and oxygen atoms in total. The number of nitrogens with zero attached hydrogens (tertiary/aromatic N) is 3. The number of aromatic nitrogens is 2. The van der Waals surface area contributed by atoms with Crippen LogP contribution in [0.5, 0.6) is 0 Å². The molecule has 24 heavy (non-hydrogen) atoms. The van der Waals surface area contributed by atoms with Gasteiger partial charge in [0.1, 0.15) is 5.82 Å². The maximum Gasteiger partial charge on any atom is 0.125 e. The van der Waals surface area contributed by atoms with E-state index in [1.807, 2.05) is 18.5 Å². The molecule has 1 aliphatic heterocycles. The molecular weight excluding hydrogens is 305 g/mol. The van der Waals surface area contributed by atoms with Gasteiger partial charge in [-0.3, -0.25) is 4.90 Å². The lowest BCUT2D eigenvalue weighted by atomic mass is 9.77. The molecule has 1 aliphatic rings. The van der Waals surface area contributed by atoms with Crippen LogP contribution < -0.4 is 0 Å². The van der Waals surface area contributed by atoms with Crippen LogP contribution in [-0.4, -0.2) is 39.5 Å². The van der Waals surface area contributed by atoms with Crippen molar-refractivity contribution in [2.24, 2.45) is 5.41 Å². The van der Waals surface area contributed by atoms with Crippen molar-refractivity contribution in [3.63, 3.8) is 0 Å². The summed E-state index contributed by atoms with van der Waals surface area (Å²) in [4.78, 5) is 2.41. The maximum atomic E-state index is 13.4. The molecule has 0 spiro atoms. The van der Waals surface area contributed by atoms with Gasteiger partial charge >= 0.3 is 0 Å². The van der Waals surface area contributed by atoms with Crippen molar-refractivity contribution in [1.29, 1.82) is 0 Å². The summed E-state index contributed by atoms with van der Waals surface area (Å²) in [7, 11) is 0. The van der Waals surface area contributed by atoms with E-state index < -0.39 is 0 Å². The minimum absolute atomic E-state index is 0.0472. The van der Waals surface area contributed by atoms with Crippen LogP contribution in [0.1, 0.15) is 38.2 Å². The molecule has 3 rings (SSSR count). The van der Waals surface area contributed by atoms with Gasteiger partial charge in [0.15, 0.2) is 0 Å². The molecule has 1 N–H and O–H groups in total. The van der Waals surface area contributed by atoms with Crippen molar-refractivity contribution in [3.05, 3.63) is 48.0 Å². The molecule has 5 heteroatoms. The van der Waals surface area contributed by atoms with E-state index in [0.717, 1.165) is 56.6 Å². The second kappa shape index (κ2) is 7.45. The normalized spacial score (nSPS) is 22.0.